The zero-order valence-electron chi connectivity index (χ0n) is 10.5. The van der Waals surface area contributed by atoms with Crippen molar-refractivity contribution in [3.63, 3.8) is 0 Å². The van der Waals surface area contributed by atoms with E-state index in [1.807, 2.05) is 18.2 Å². The summed E-state index contributed by atoms with van der Waals surface area (Å²) in [5.41, 5.74) is 8.02. The van der Waals surface area contributed by atoms with Crippen molar-refractivity contribution in [2.75, 3.05) is 13.2 Å². The lowest BCUT2D eigenvalue weighted by molar-refractivity contribution is 0.213. The second kappa shape index (κ2) is 4.42. The van der Waals surface area contributed by atoms with Gasteiger partial charge in [0.2, 0.25) is 0 Å². The van der Waals surface area contributed by atoms with Crippen molar-refractivity contribution in [2.24, 2.45) is 10.7 Å². The van der Waals surface area contributed by atoms with Crippen LogP contribution >= 0.6 is 0 Å². The molecule has 0 fully saturated rings. The van der Waals surface area contributed by atoms with Gasteiger partial charge in [-0.05, 0) is 23.3 Å². The molecule has 2 amide bonds. The first-order valence-corrected chi connectivity index (χ1v) is 6.22. The van der Waals surface area contributed by atoms with Gasteiger partial charge in [0.1, 0.15) is 17.6 Å². The van der Waals surface area contributed by atoms with Crippen LogP contribution in [0.5, 0.6) is 5.75 Å². The molecule has 19 heavy (non-hydrogen) atoms. The van der Waals surface area contributed by atoms with Crippen molar-refractivity contribution in [2.45, 2.75) is 12.5 Å². The summed E-state index contributed by atoms with van der Waals surface area (Å²) in [7, 11) is 0. The lowest BCUT2D eigenvalue weighted by atomic mass is 10.0. The third-order valence-electron chi connectivity index (χ3n) is 3.42. The number of amides is 2. The van der Waals surface area contributed by atoms with Gasteiger partial charge in [0, 0.05) is 13.0 Å². The number of nitrogens with two attached hydrogens (primary N) is 1. The van der Waals surface area contributed by atoms with Gasteiger partial charge in [0.05, 0.1) is 6.61 Å². The molecule has 2 aliphatic heterocycles. The summed E-state index contributed by atoms with van der Waals surface area (Å²) in [5, 5.41) is 0. The van der Waals surface area contributed by atoms with Crippen molar-refractivity contribution in [3.8, 4) is 5.75 Å². The summed E-state index contributed by atoms with van der Waals surface area (Å²) >= 11 is 0. The van der Waals surface area contributed by atoms with Crippen molar-refractivity contribution < 1.29 is 9.53 Å². The maximum atomic E-state index is 11.8. The molecular weight excluding hydrogens is 242 g/mol. The fourth-order valence-electron chi connectivity index (χ4n) is 2.56. The molecule has 1 aromatic carbocycles. The summed E-state index contributed by atoms with van der Waals surface area (Å²) in [6, 6.07) is 5.31. The highest BCUT2D eigenvalue weighted by atomic mass is 16.5. The number of fused-ring (bicyclic) bond motifs is 1. The maximum absolute atomic E-state index is 11.8. The van der Waals surface area contributed by atoms with Crippen LogP contribution in [-0.4, -0.2) is 29.9 Å². The Balaban J connectivity index is 1.97. The largest absolute Gasteiger partial charge is 0.493 e. The number of rotatable bonds is 3. The van der Waals surface area contributed by atoms with Gasteiger partial charge < -0.3 is 15.4 Å². The van der Waals surface area contributed by atoms with Gasteiger partial charge in [-0.3, -0.25) is 0 Å². The number of aliphatic imine (C=N–C) groups is 1. The Labute approximate surface area is 111 Å². The molecule has 2 heterocycles. The minimum Gasteiger partial charge on any atom is -0.493 e. The lowest BCUT2D eigenvalue weighted by Gasteiger charge is -2.23. The summed E-state index contributed by atoms with van der Waals surface area (Å²) < 4.78 is 5.48. The predicted octanol–water partition coefficient (Wildman–Crippen LogP) is 1.64. The van der Waals surface area contributed by atoms with E-state index in [-0.39, 0.29) is 12.1 Å². The van der Waals surface area contributed by atoms with Crippen LogP contribution in [0.2, 0.25) is 0 Å². The highest BCUT2D eigenvalue weighted by Crippen LogP contribution is 2.32. The van der Waals surface area contributed by atoms with E-state index in [1.54, 1.807) is 11.0 Å². The van der Waals surface area contributed by atoms with E-state index in [2.05, 4.69) is 11.6 Å². The number of carbonyl (C=O) groups excluding carboxylic acids is 1. The normalized spacial score (nSPS) is 21.1. The molecule has 1 unspecified atom stereocenters. The van der Waals surface area contributed by atoms with E-state index < -0.39 is 0 Å². The van der Waals surface area contributed by atoms with Gasteiger partial charge in [0.25, 0.3) is 0 Å². The molecule has 1 aromatic rings. The highest BCUT2D eigenvalue weighted by molar-refractivity contribution is 6.03. The first-order valence-electron chi connectivity index (χ1n) is 6.22. The molecule has 5 nitrogen and oxygen atoms in total. The van der Waals surface area contributed by atoms with Crippen LogP contribution in [0.1, 0.15) is 17.2 Å². The van der Waals surface area contributed by atoms with Crippen molar-refractivity contribution in [3.05, 3.63) is 42.0 Å². The topological polar surface area (TPSA) is 67.9 Å². The van der Waals surface area contributed by atoms with Crippen LogP contribution in [-0.2, 0) is 6.42 Å². The average molecular weight is 257 g/mol. The third-order valence-corrected chi connectivity index (χ3v) is 3.42. The van der Waals surface area contributed by atoms with Gasteiger partial charge in [-0.25, -0.2) is 4.79 Å². The first kappa shape index (κ1) is 11.8. The molecule has 0 saturated carbocycles. The highest BCUT2D eigenvalue weighted by Gasteiger charge is 2.34. The van der Waals surface area contributed by atoms with E-state index in [9.17, 15) is 4.79 Å². The van der Waals surface area contributed by atoms with Gasteiger partial charge in [0.15, 0.2) is 0 Å². The molecule has 0 aromatic heterocycles. The number of amidine groups is 1. The Kier molecular flexibility index (Phi) is 2.74. The van der Waals surface area contributed by atoms with E-state index in [0.717, 1.165) is 23.3 Å². The Morgan fingerprint density at radius 2 is 2.42 bits per heavy atom. The number of carbonyl (C=O) groups is 1. The summed E-state index contributed by atoms with van der Waals surface area (Å²) in [6.45, 7) is 4.81. The van der Waals surface area contributed by atoms with Crippen molar-refractivity contribution in [1.29, 1.82) is 0 Å². The van der Waals surface area contributed by atoms with Gasteiger partial charge in [-0.1, -0.05) is 12.1 Å². The molecule has 0 saturated heterocycles. The zero-order chi connectivity index (χ0) is 13.4. The molecule has 98 valence electrons. The van der Waals surface area contributed by atoms with E-state index in [4.69, 9.17) is 10.5 Å². The zero-order valence-corrected chi connectivity index (χ0v) is 10.5. The fraction of sp³-hybridized carbons (Fsp3) is 0.286. The first-order chi connectivity index (χ1) is 9.20. The fourth-order valence-corrected chi connectivity index (χ4v) is 2.56. The number of benzene rings is 1. The number of hydrogen-bond acceptors (Lipinski definition) is 3. The molecule has 0 bridgehead atoms. The Morgan fingerprint density at radius 1 is 1.58 bits per heavy atom. The van der Waals surface area contributed by atoms with Crippen LogP contribution in [0, 0.1) is 0 Å². The van der Waals surface area contributed by atoms with Crippen LogP contribution in [0.4, 0.5) is 4.79 Å². The second-order valence-electron chi connectivity index (χ2n) is 4.63. The predicted molar refractivity (Wildman–Crippen MR) is 72.3 cm³/mol. The minimum absolute atomic E-state index is 0.295. The molecule has 3 rings (SSSR count). The number of nitrogens with zero attached hydrogens (tertiary/aromatic N) is 2. The quantitative estimate of drug-likeness (QED) is 0.837. The summed E-state index contributed by atoms with van der Waals surface area (Å²) in [6.07, 6.45) is 2.57. The number of hydrogen-bond donors (Lipinski definition) is 1. The molecule has 0 aliphatic carbocycles. The molecule has 0 radical (unpaired) electrons. The molecule has 0 spiro atoms. The summed E-state index contributed by atoms with van der Waals surface area (Å²) in [4.78, 5) is 17.2. The van der Waals surface area contributed by atoms with E-state index in [0.29, 0.717) is 19.0 Å². The van der Waals surface area contributed by atoms with Gasteiger partial charge in [-0.2, -0.15) is 4.99 Å². The Bertz CT molecular complexity index is 580. The monoisotopic (exact) mass is 257 g/mol. The minimum atomic E-state index is -0.306. The number of urea groups is 1. The molecular formula is C14H15N3O2. The van der Waals surface area contributed by atoms with Crippen molar-refractivity contribution in [1.82, 2.24) is 4.90 Å². The second-order valence-corrected chi connectivity index (χ2v) is 4.63. The number of ether oxygens (including phenoxy) is 1. The SMILES string of the molecule is C=CCN1C(=O)N=C(N)C1c1ccc2c(c1)CCO2. The average Bonchev–Trinajstić information content (AvgIpc) is 2.94. The standard InChI is InChI=1S/C14H15N3O2/c1-2-6-17-12(13(15)16-14(17)18)10-3-4-11-9(8-10)5-7-19-11/h2-4,8,12H,1,5-7H2,(H2,15,16,18). The summed E-state index contributed by atoms with van der Waals surface area (Å²) in [5.74, 6) is 1.25. The lowest BCUT2D eigenvalue weighted by Crippen LogP contribution is -2.33. The van der Waals surface area contributed by atoms with E-state index >= 15 is 0 Å². The molecule has 2 aliphatic rings. The smallest absolute Gasteiger partial charge is 0.346 e. The van der Waals surface area contributed by atoms with E-state index in [1.165, 1.54) is 0 Å². The Morgan fingerprint density at radius 3 is 3.21 bits per heavy atom. The molecule has 5 heteroatoms. The van der Waals surface area contributed by atoms with Crippen LogP contribution < -0.4 is 10.5 Å². The van der Waals surface area contributed by atoms with Crippen LogP contribution in [0.25, 0.3) is 0 Å². The van der Waals surface area contributed by atoms with Crippen LogP contribution in [0.3, 0.4) is 0 Å². The van der Waals surface area contributed by atoms with Crippen LogP contribution in [0.15, 0.2) is 35.8 Å². The third kappa shape index (κ3) is 1.87. The van der Waals surface area contributed by atoms with Crippen molar-refractivity contribution >= 4 is 11.9 Å². The molecule has 1 atom stereocenters. The van der Waals surface area contributed by atoms with Gasteiger partial charge in [-0.15, -0.1) is 6.58 Å². The molecule has 2 N–H and O–H groups in total. The van der Waals surface area contributed by atoms with Gasteiger partial charge >= 0.3 is 6.03 Å². The Hall–Kier alpha value is -2.30. The maximum Gasteiger partial charge on any atom is 0.346 e.